The number of hydrogen-bond acceptors (Lipinski definition) is 3. The van der Waals surface area contributed by atoms with E-state index in [1.54, 1.807) is 25.3 Å². The average Bonchev–Trinajstić information content (AvgIpc) is 2.68. The van der Waals surface area contributed by atoms with Crippen LogP contribution < -0.4 is 25.2 Å². The predicted octanol–water partition coefficient (Wildman–Crippen LogP) is -0.625. The first kappa shape index (κ1) is 22.5. The number of ether oxygens (including phenoxy) is 1. The van der Waals surface area contributed by atoms with Crippen LogP contribution in [0.2, 0.25) is 5.02 Å². The summed E-state index contributed by atoms with van der Waals surface area (Å²) in [5.74, 6) is 0.644. The summed E-state index contributed by atoms with van der Waals surface area (Å²) in [5.41, 5.74) is 0.583. The molecule has 156 valence electrons. The summed E-state index contributed by atoms with van der Waals surface area (Å²) in [6.45, 7) is 8.80. The van der Waals surface area contributed by atoms with Crippen LogP contribution in [-0.2, 0) is 9.59 Å². The van der Waals surface area contributed by atoms with Gasteiger partial charge in [-0.05, 0) is 31.5 Å². The van der Waals surface area contributed by atoms with E-state index in [2.05, 4.69) is 17.6 Å². The minimum Gasteiger partial charge on any atom is -0.495 e. The molecule has 1 aliphatic heterocycles. The number of unbranched alkanes of at least 4 members (excludes halogenated alkanes) is 1. The molecule has 1 heterocycles. The van der Waals surface area contributed by atoms with Crippen molar-refractivity contribution in [2.45, 2.75) is 32.7 Å². The van der Waals surface area contributed by atoms with Crippen LogP contribution in [0.3, 0.4) is 0 Å². The predicted molar refractivity (Wildman–Crippen MR) is 110 cm³/mol. The van der Waals surface area contributed by atoms with Crippen molar-refractivity contribution in [3.05, 3.63) is 23.2 Å². The van der Waals surface area contributed by atoms with Gasteiger partial charge in [-0.15, -0.1) is 0 Å². The molecule has 8 heteroatoms. The third kappa shape index (κ3) is 6.65. The van der Waals surface area contributed by atoms with Gasteiger partial charge in [0.2, 0.25) is 0 Å². The SMILES string of the molecule is CCCCNC(=O)C[NH+]1CC[NH+]([C@H](C)C(=O)Nc2cc(Cl)ccc2OC)CC1. The smallest absolute Gasteiger partial charge is 0.282 e. The van der Waals surface area contributed by atoms with Crippen LogP contribution in [0.15, 0.2) is 18.2 Å². The van der Waals surface area contributed by atoms with E-state index in [-0.39, 0.29) is 17.9 Å². The van der Waals surface area contributed by atoms with Gasteiger partial charge in [0, 0.05) is 11.6 Å². The zero-order valence-electron chi connectivity index (χ0n) is 17.1. The number of amides is 2. The van der Waals surface area contributed by atoms with Gasteiger partial charge in [-0.2, -0.15) is 0 Å². The highest BCUT2D eigenvalue weighted by atomic mass is 35.5. The Bertz CT molecular complexity index is 663. The largest absolute Gasteiger partial charge is 0.495 e. The molecule has 1 aromatic carbocycles. The summed E-state index contributed by atoms with van der Waals surface area (Å²) in [6.07, 6.45) is 2.10. The van der Waals surface area contributed by atoms with Gasteiger partial charge in [0.15, 0.2) is 12.6 Å². The fraction of sp³-hybridized carbons (Fsp3) is 0.600. The van der Waals surface area contributed by atoms with E-state index >= 15 is 0 Å². The summed E-state index contributed by atoms with van der Waals surface area (Å²) in [4.78, 5) is 27.2. The third-order valence-electron chi connectivity index (χ3n) is 5.29. The van der Waals surface area contributed by atoms with Gasteiger partial charge in [-0.25, -0.2) is 0 Å². The minimum atomic E-state index is -0.191. The number of halogens is 1. The molecule has 2 amide bonds. The molecule has 2 rings (SSSR count). The maximum absolute atomic E-state index is 12.7. The molecule has 1 aliphatic rings. The molecule has 0 aromatic heterocycles. The first-order valence-electron chi connectivity index (χ1n) is 10.0. The van der Waals surface area contributed by atoms with Crippen LogP contribution in [0.1, 0.15) is 26.7 Å². The van der Waals surface area contributed by atoms with Gasteiger partial charge < -0.3 is 25.2 Å². The molecule has 0 unspecified atom stereocenters. The van der Waals surface area contributed by atoms with Crippen LogP contribution in [0, 0.1) is 0 Å². The average molecular weight is 413 g/mol. The molecule has 0 aliphatic carbocycles. The Hall–Kier alpha value is -1.83. The molecule has 0 radical (unpaired) electrons. The summed E-state index contributed by atoms with van der Waals surface area (Å²) in [7, 11) is 1.56. The molecule has 0 spiro atoms. The molecule has 1 atom stereocenters. The van der Waals surface area contributed by atoms with Gasteiger partial charge >= 0.3 is 0 Å². The van der Waals surface area contributed by atoms with Crippen molar-refractivity contribution >= 4 is 29.1 Å². The van der Waals surface area contributed by atoms with Crippen molar-refractivity contribution in [1.82, 2.24) is 5.32 Å². The summed E-state index contributed by atoms with van der Waals surface area (Å²) in [6, 6.07) is 4.97. The van der Waals surface area contributed by atoms with Crippen molar-refractivity contribution in [1.29, 1.82) is 0 Å². The zero-order chi connectivity index (χ0) is 20.5. The van der Waals surface area contributed by atoms with E-state index in [0.29, 0.717) is 23.0 Å². The van der Waals surface area contributed by atoms with Crippen LogP contribution in [0.4, 0.5) is 5.69 Å². The van der Waals surface area contributed by atoms with Crippen LogP contribution in [0.5, 0.6) is 5.75 Å². The molecule has 7 nitrogen and oxygen atoms in total. The quantitative estimate of drug-likeness (QED) is 0.408. The first-order valence-corrected chi connectivity index (χ1v) is 10.4. The Labute approximate surface area is 172 Å². The third-order valence-corrected chi connectivity index (χ3v) is 5.52. The van der Waals surface area contributed by atoms with Crippen LogP contribution in [-0.4, -0.2) is 64.2 Å². The van der Waals surface area contributed by atoms with Gasteiger partial charge in [-0.1, -0.05) is 24.9 Å². The maximum atomic E-state index is 12.7. The van der Waals surface area contributed by atoms with Crippen LogP contribution in [0.25, 0.3) is 0 Å². The van der Waals surface area contributed by atoms with E-state index in [0.717, 1.165) is 45.6 Å². The highest BCUT2D eigenvalue weighted by molar-refractivity contribution is 6.31. The number of anilines is 1. The van der Waals surface area contributed by atoms with Crippen molar-refractivity contribution in [3.8, 4) is 5.75 Å². The van der Waals surface area contributed by atoms with Gasteiger partial charge in [0.05, 0.1) is 12.8 Å². The molecular weight excluding hydrogens is 380 g/mol. The highest BCUT2D eigenvalue weighted by Crippen LogP contribution is 2.27. The molecule has 0 bridgehead atoms. The molecular formula is C20H33ClN4O3+2. The number of benzene rings is 1. The number of nitrogens with one attached hydrogen (secondary N) is 4. The lowest BCUT2D eigenvalue weighted by atomic mass is 10.2. The molecule has 1 aromatic rings. The number of piperazine rings is 1. The Kier molecular flexibility index (Phi) is 9.02. The molecule has 28 heavy (non-hydrogen) atoms. The van der Waals surface area contributed by atoms with E-state index in [9.17, 15) is 9.59 Å². The number of quaternary nitrogens is 2. The van der Waals surface area contributed by atoms with E-state index in [1.807, 2.05) is 6.92 Å². The number of carbonyl (C=O) groups is 2. The van der Waals surface area contributed by atoms with Crippen molar-refractivity contribution in [3.63, 3.8) is 0 Å². The second kappa shape index (κ2) is 11.2. The number of rotatable bonds is 9. The number of methoxy groups -OCH3 is 1. The maximum Gasteiger partial charge on any atom is 0.282 e. The molecule has 1 fully saturated rings. The summed E-state index contributed by atoms with van der Waals surface area (Å²) < 4.78 is 5.29. The summed E-state index contributed by atoms with van der Waals surface area (Å²) in [5, 5.41) is 6.45. The lowest BCUT2D eigenvalue weighted by molar-refractivity contribution is -1.01. The molecule has 1 saturated heterocycles. The Balaban J connectivity index is 1.81. The second-order valence-electron chi connectivity index (χ2n) is 7.34. The second-order valence-corrected chi connectivity index (χ2v) is 7.78. The number of carbonyl (C=O) groups excluding carboxylic acids is 2. The van der Waals surface area contributed by atoms with Gasteiger partial charge in [0.1, 0.15) is 31.9 Å². The normalized spacial score (nSPS) is 20.3. The van der Waals surface area contributed by atoms with E-state index < -0.39 is 0 Å². The van der Waals surface area contributed by atoms with Gasteiger partial charge in [-0.3, -0.25) is 9.59 Å². The van der Waals surface area contributed by atoms with Crippen molar-refractivity contribution in [2.24, 2.45) is 0 Å². The molecule has 4 N–H and O–H groups in total. The Morgan fingerprint density at radius 3 is 2.61 bits per heavy atom. The first-order chi connectivity index (χ1) is 13.4. The highest BCUT2D eigenvalue weighted by Gasteiger charge is 2.32. The molecule has 0 saturated carbocycles. The Morgan fingerprint density at radius 2 is 1.96 bits per heavy atom. The fourth-order valence-electron chi connectivity index (χ4n) is 3.43. The van der Waals surface area contributed by atoms with Crippen molar-refractivity contribution in [2.75, 3.05) is 51.7 Å². The fourth-order valence-corrected chi connectivity index (χ4v) is 3.60. The Morgan fingerprint density at radius 1 is 1.25 bits per heavy atom. The van der Waals surface area contributed by atoms with Crippen molar-refractivity contribution < 1.29 is 24.1 Å². The van der Waals surface area contributed by atoms with E-state index in [1.165, 1.54) is 9.80 Å². The number of hydrogen-bond donors (Lipinski definition) is 4. The zero-order valence-corrected chi connectivity index (χ0v) is 17.8. The van der Waals surface area contributed by atoms with E-state index in [4.69, 9.17) is 16.3 Å². The lowest BCUT2D eigenvalue weighted by Crippen LogP contribution is -3.30. The lowest BCUT2D eigenvalue weighted by Gasteiger charge is -2.32. The monoisotopic (exact) mass is 412 g/mol. The van der Waals surface area contributed by atoms with Gasteiger partial charge in [0.25, 0.3) is 11.8 Å². The standard InChI is InChI=1S/C20H31ClN4O3/c1-4-5-8-22-19(26)14-24-9-11-25(12-10-24)15(2)20(27)23-17-13-16(21)6-7-18(17)28-3/h6-7,13,15H,4-5,8-12,14H2,1-3H3,(H,22,26)(H,23,27)/p+2/t15-/m1/s1. The summed E-state index contributed by atoms with van der Waals surface area (Å²) >= 11 is 6.04. The topological polar surface area (TPSA) is 76.3 Å². The minimum absolute atomic E-state index is 0.0590. The van der Waals surface area contributed by atoms with Crippen LogP contribution >= 0.6 is 11.6 Å².